The van der Waals surface area contributed by atoms with Crippen LogP contribution in [0, 0.1) is 0 Å². The van der Waals surface area contributed by atoms with Crippen LogP contribution in [0.1, 0.15) is 30.1 Å². The van der Waals surface area contributed by atoms with Crippen molar-refractivity contribution in [2.75, 3.05) is 19.7 Å². The minimum Gasteiger partial charge on any atom is -0.478 e. The second kappa shape index (κ2) is 7.36. The third-order valence-electron chi connectivity index (χ3n) is 3.63. The fourth-order valence-corrected chi connectivity index (χ4v) is 2.83. The van der Waals surface area contributed by atoms with Crippen molar-refractivity contribution in [3.63, 3.8) is 0 Å². The Morgan fingerprint density at radius 3 is 2.74 bits per heavy atom. The van der Waals surface area contributed by atoms with E-state index in [1.54, 1.807) is 24.5 Å². The van der Waals surface area contributed by atoms with Crippen LogP contribution < -0.4 is 9.47 Å². The zero-order valence-corrected chi connectivity index (χ0v) is 13.7. The largest absolute Gasteiger partial charge is 0.478 e. The number of likely N-dealkylation sites (tertiary alicyclic amines) is 1. The predicted octanol–water partition coefficient (Wildman–Crippen LogP) is 2.02. The van der Waals surface area contributed by atoms with Gasteiger partial charge in [0.2, 0.25) is 11.8 Å². The fraction of sp³-hybridized carbons (Fsp3) is 0.467. The number of carbonyl (C=O) groups excluding carboxylic acids is 1. The van der Waals surface area contributed by atoms with Crippen molar-refractivity contribution in [2.45, 2.75) is 25.9 Å². The molecule has 1 saturated heterocycles. The van der Waals surface area contributed by atoms with Crippen LogP contribution in [0.5, 0.6) is 11.8 Å². The van der Waals surface area contributed by atoms with E-state index in [2.05, 4.69) is 13.7 Å². The SMILES string of the molecule is CCOc1ccc(C(=O)N2CCC(Oc3cnsn3)CC2)cn1. The molecule has 1 fully saturated rings. The Kier molecular flexibility index (Phi) is 5.02. The first kappa shape index (κ1) is 15.7. The van der Waals surface area contributed by atoms with E-state index in [-0.39, 0.29) is 12.0 Å². The van der Waals surface area contributed by atoms with Crippen LogP contribution in [0.25, 0.3) is 0 Å². The number of ether oxygens (including phenoxy) is 2. The molecule has 0 atom stereocenters. The second-order valence-corrected chi connectivity index (χ2v) is 5.73. The molecule has 0 spiro atoms. The number of piperidine rings is 1. The molecular weight excluding hydrogens is 316 g/mol. The van der Waals surface area contributed by atoms with Crippen molar-refractivity contribution < 1.29 is 14.3 Å². The number of hydrogen-bond acceptors (Lipinski definition) is 7. The molecule has 0 unspecified atom stereocenters. The Labute approximate surface area is 138 Å². The molecule has 3 heterocycles. The fourth-order valence-electron chi connectivity index (χ4n) is 2.48. The van der Waals surface area contributed by atoms with Crippen LogP contribution in [0.4, 0.5) is 0 Å². The molecule has 122 valence electrons. The lowest BCUT2D eigenvalue weighted by atomic mass is 10.1. The number of carbonyl (C=O) groups is 1. The van der Waals surface area contributed by atoms with Gasteiger partial charge in [-0.15, -0.1) is 4.37 Å². The summed E-state index contributed by atoms with van der Waals surface area (Å²) in [6, 6.07) is 3.48. The summed E-state index contributed by atoms with van der Waals surface area (Å²) in [4.78, 5) is 18.4. The maximum Gasteiger partial charge on any atom is 0.255 e. The highest BCUT2D eigenvalue weighted by molar-refractivity contribution is 6.99. The summed E-state index contributed by atoms with van der Waals surface area (Å²) in [5, 5.41) is 0. The smallest absolute Gasteiger partial charge is 0.255 e. The van der Waals surface area contributed by atoms with Crippen molar-refractivity contribution >= 4 is 17.6 Å². The van der Waals surface area contributed by atoms with Crippen molar-refractivity contribution in [3.05, 3.63) is 30.1 Å². The minimum absolute atomic E-state index is 0.00526. The topological polar surface area (TPSA) is 77.4 Å². The van der Waals surface area contributed by atoms with E-state index < -0.39 is 0 Å². The van der Waals surface area contributed by atoms with Crippen molar-refractivity contribution in [1.82, 2.24) is 18.6 Å². The highest BCUT2D eigenvalue weighted by Crippen LogP contribution is 2.19. The molecule has 2 aromatic heterocycles. The van der Waals surface area contributed by atoms with Crippen LogP contribution in [0.15, 0.2) is 24.5 Å². The summed E-state index contributed by atoms with van der Waals surface area (Å²) < 4.78 is 19.0. The van der Waals surface area contributed by atoms with E-state index in [4.69, 9.17) is 9.47 Å². The molecule has 7 nitrogen and oxygen atoms in total. The molecule has 0 aliphatic carbocycles. The molecule has 8 heteroatoms. The number of nitrogens with zero attached hydrogens (tertiary/aromatic N) is 4. The van der Waals surface area contributed by atoms with Gasteiger partial charge in [0.1, 0.15) is 12.3 Å². The molecule has 1 amide bonds. The minimum atomic E-state index is -0.00526. The van der Waals surface area contributed by atoms with Gasteiger partial charge in [0.05, 0.1) is 23.9 Å². The molecule has 0 saturated carbocycles. The molecule has 3 rings (SSSR count). The summed E-state index contributed by atoms with van der Waals surface area (Å²) >= 11 is 1.13. The molecule has 23 heavy (non-hydrogen) atoms. The first-order valence-electron chi connectivity index (χ1n) is 7.58. The van der Waals surface area contributed by atoms with E-state index >= 15 is 0 Å². The van der Waals surface area contributed by atoms with Gasteiger partial charge in [-0.05, 0) is 13.0 Å². The lowest BCUT2D eigenvalue weighted by Crippen LogP contribution is -2.41. The van der Waals surface area contributed by atoms with E-state index in [0.29, 0.717) is 37.0 Å². The number of amides is 1. The van der Waals surface area contributed by atoms with Gasteiger partial charge in [0.25, 0.3) is 5.91 Å². The zero-order chi connectivity index (χ0) is 16.1. The Hall–Kier alpha value is -2.22. The summed E-state index contributed by atoms with van der Waals surface area (Å²) in [6.45, 7) is 3.78. The monoisotopic (exact) mass is 334 g/mol. The highest BCUT2D eigenvalue weighted by atomic mass is 32.1. The van der Waals surface area contributed by atoms with Crippen molar-refractivity contribution in [3.8, 4) is 11.8 Å². The average Bonchev–Trinajstić information content (AvgIpc) is 3.09. The third kappa shape index (κ3) is 3.95. The first-order valence-corrected chi connectivity index (χ1v) is 8.31. The summed E-state index contributed by atoms with van der Waals surface area (Å²) in [5.41, 5.74) is 0.580. The standard InChI is InChI=1S/C15H18N4O3S/c1-2-21-13-4-3-11(9-16-13)15(20)19-7-5-12(6-8-19)22-14-10-17-23-18-14/h3-4,9-10,12H,2,5-8H2,1H3. The second-order valence-electron chi connectivity index (χ2n) is 5.17. The lowest BCUT2D eigenvalue weighted by Gasteiger charge is -2.31. The van der Waals surface area contributed by atoms with Crippen LogP contribution >= 0.6 is 11.7 Å². The van der Waals surface area contributed by atoms with Crippen molar-refractivity contribution in [1.29, 1.82) is 0 Å². The lowest BCUT2D eigenvalue weighted by molar-refractivity contribution is 0.0589. The molecule has 1 aliphatic rings. The molecular formula is C15H18N4O3S. The average molecular weight is 334 g/mol. The Morgan fingerprint density at radius 2 is 2.13 bits per heavy atom. The van der Waals surface area contributed by atoms with Gasteiger partial charge < -0.3 is 14.4 Å². The first-order chi connectivity index (χ1) is 11.3. The van der Waals surface area contributed by atoms with Crippen molar-refractivity contribution in [2.24, 2.45) is 0 Å². The maximum absolute atomic E-state index is 12.5. The molecule has 0 N–H and O–H groups in total. The summed E-state index contributed by atoms with van der Waals surface area (Å²) in [5.74, 6) is 1.10. The maximum atomic E-state index is 12.5. The van der Waals surface area contributed by atoms with Crippen LogP contribution in [0.2, 0.25) is 0 Å². The van der Waals surface area contributed by atoms with E-state index in [1.165, 1.54) is 0 Å². The summed E-state index contributed by atoms with van der Waals surface area (Å²) in [7, 11) is 0. The predicted molar refractivity (Wildman–Crippen MR) is 84.9 cm³/mol. The number of pyridine rings is 1. The molecule has 0 aromatic carbocycles. The zero-order valence-electron chi connectivity index (χ0n) is 12.8. The number of hydrogen-bond donors (Lipinski definition) is 0. The normalized spacial score (nSPS) is 15.4. The Balaban J connectivity index is 1.53. The van der Waals surface area contributed by atoms with E-state index in [9.17, 15) is 4.79 Å². The van der Waals surface area contributed by atoms with Gasteiger partial charge in [-0.2, -0.15) is 4.37 Å². The van der Waals surface area contributed by atoms with Gasteiger partial charge in [0.15, 0.2) is 0 Å². The molecule has 0 bridgehead atoms. The Bertz CT molecular complexity index is 625. The van der Waals surface area contributed by atoms with E-state index in [0.717, 1.165) is 24.6 Å². The van der Waals surface area contributed by atoms with Gasteiger partial charge in [0, 0.05) is 38.2 Å². The van der Waals surface area contributed by atoms with Crippen LogP contribution in [0.3, 0.4) is 0 Å². The van der Waals surface area contributed by atoms with Gasteiger partial charge >= 0.3 is 0 Å². The van der Waals surface area contributed by atoms with Gasteiger partial charge in [-0.3, -0.25) is 4.79 Å². The molecule has 2 aromatic rings. The highest BCUT2D eigenvalue weighted by Gasteiger charge is 2.25. The quantitative estimate of drug-likeness (QED) is 0.832. The van der Waals surface area contributed by atoms with Crippen LogP contribution in [-0.4, -0.2) is 50.3 Å². The third-order valence-corrected chi connectivity index (χ3v) is 4.09. The van der Waals surface area contributed by atoms with Gasteiger partial charge in [-0.1, -0.05) is 0 Å². The van der Waals surface area contributed by atoms with Gasteiger partial charge in [-0.25, -0.2) is 4.98 Å². The molecule has 1 aliphatic heterocycles. The van der Waals surface area contributed by atoms with Crippen LogP contribution in [-0.2, 0) is 0 Å². The van der Waals surface area contributed by atoms with E-state index in [1.807, 2.05) is 11.8 Å². The number of aromatic nitrogens is 3. The number of rotatable bonds is 5. The summed E-state index contributed by atoms with van der Waals surface area (Å²) in [6.07, 6.45) is 4.84. The Morgan fingerprint density at radius 1 is 1.30 bits per heavy atom. The molecule has 0 radical (unpaired) electrons.